The van der Waals surface area contributed by atoms with Gasteiger partial charge >= 0.3 is 0 Å². The highest BCUT2D eigenvalue weighted by molar-refractivity contribution is 7.90. The molecule has 128 valence electrons. The summed E-state index contributed by atoms with van der Waals surface area (Å²) in [6.07, 6.45) is 4.52. The molecule has 0 saturated carbocycles. The minimum Gasteiger partial charge on any atom is -0.467 e. The van der Waals surface area contributed by atoms with Crippen LogP contribution in [0.5, 0.6) is 0 Å². The summed E-state index contributed by atoms with van der Waals surface area (Å²) in [4.78, 5) is 14.9. The summed E-state index contributed by atoms with van der Waals surface area (Å²) < 4.78 is 29.0. The Kier molecular flexibility index (Phi) is 4.49. The molecule has 0 aliphatic carbocycles. The number of hydrogen-bond acceptors (Lipinski definition) is 4. The summed E-state index contributed by atoms with van der Waals surface area (Å²) in [5, 5.41) is 0. The Morgan fingerprint density at radius 2 is 2.04 bits per heavy atom. The number of furan rings is 1. The highest BCUT2D eigenvalue weighted by Crippen LogP contribution is 2.35. The number of piperidine rings is 1. The molecule has 2 heterocycles. The van der Waals surface area contributed by atoms with E-state index in [1.54, 1.807) is 23.3 Å². The fraction of sp³-hybridized carbons (Fsp3) is 0.389. The lowest BCUT2D eigenvalue weighted by Crippen LogP contribution is -2.40. The van der Waals surface area contributed by atoms with Crippen LogP contribution < -0.4 is 0 Å². The largest absolute Gasteiger partial charge is 0.467 e. The van der Waals surface area contributed by atoms with Crippen molar-refractivity contribution in [2.24, 2.45) is 5.92 Å². The SMILES string of the molecule is C[C@@H]1CCN(C(=O)c2cccc(S(C)(=O)=O)c2)[C@@H](c2ccco2)C1. The number of carbonyl (C=O) groups excluding carboxylic acids is 1. The Balaban J connectivity index is 1.93. The number of hydrogen-bond donors (Lipinski definition) is 0. The van der Waals surface area contributed by atoms with E-state index in [1.807, 2.05) is 12.1 Å². The second kappa shape index (κ2) is 6.43. The smallest absolute Gasteiger partial charge is 0.254 e. The lowest BCUT2D eigenvalue weighted by molar-refractivity contribution is 0.0520. The molecule has 6 heteroatoms. The minimum absolute atomic E-state index is 0.113. The zero-order valence-electron chi connectivity index (χ0n) is 13.8. The van der Waals surface area contributed by atoms with Gasteiger partial charge < -0.3 is 9.32 Å². The van der Waals surface area contributed by atoms with Crippen LogP contribution in [-0.2, 0) is 9.84 Å². The second-order valence-corrected chi connectivity index (χ2v) is 8.48. The lowest BCUT2D eigenvalue weighted by atomic mass is 9.90. The first-order valence-corrected chi connectivity index (χ1v) is 9.90. The fourth-order valence-electron chi connectivity index (χ4n) is 3.16. The molecule has 0 radical (unpaired) electrons. The monoisotopic (exact) mass is 347 g/mol. The van der Waals surface area contributed by atoms with Crippen LogP contribution in [0.15, 0.2) is 52.0 Å². The Bertz CT molecular complexity index is 826. The van der Waals surface area contributed by atoms with E-state index in [0.717, 1.165) is 24.9 Å². The van der Waals surface area contributed by atoms with Crippen LogP contribution in [0.25, 0.3) is 0 Å². The molecule has 2 atom stereocenters. The molecular weight excluding hydrogens is 326 g/mol. The highest BCUT2D eigenvalue weighted by atomic mass is 32.2. The van der Waals surface area contributed by atoms with Crippen LogP contribution in [0, 0.1) is 5.92 Å². The molecule has 0 bridgehead atoms. The molecule has 1 amide bonds. The number of sulfone groups is 1. The molecule has 0 N–H and O–H groups in total. The summed E-state index contributed by atoms with van der Waals surface area (Å²) in [5.41, 5.74) is 0.393. The average Bonchev–Trinajstić information content (AvgIpc) is 3.08. The third-order valence-corrected chi connectivity index (χ3v) is 5.62. The molecule has 24 heavy (non-hydrogen) atoms. The van der Waals surface area contributed by atoms with E-state index in [9.17, 15) is 13.2 Å². The van der Waals surface area contributed by atoms with Crippen LogP contribution in [0.2, 0.25) is 0 Å². The van der Waals surface area contributed by atoms with Crippen molar-refractivity contribution >= 4 is 15.7 Å². The van der Waals surface area contributed by atoms with Crippen molar-refractivity contribution in [3.8, 4) is 0 Å². The third kappa shape index (κ3) is 3.38. The lowest BCUT2D eigenvalue weighted by Gasteiger charge is -2.37. The van der Waals surface area contributed by atoms with E-state index in [-0.39, 0.29) is 16.8 Å². The van der Waals surface area contributed by atoms with Crippen molar-refractivity contribution in [2.75, 3.05) is 12.8 Å². The maximum absolute atomic E-state index is 13.0. The first-order valence-electron chi connectivity index (χ1n) is 8.01. The Morgan fingerprint density at radius 3 is 2.71 bits per heavy atom. The molecule has 1 aliphatic rings. The molecular formula is C18H21NO4S. The van der Waals surface area contributed by atoms with Crippen LogP contribution in [0.1, 0.15) is 41.9 Å². The van der Waals surface area contributed by atoms with Gasteiger partial charge in [0.1, 0.15) is 5.76 Å². The predicted molar refractivity (Wildman–Crippen MR) is 90.4 cm³/mol. The number of rotatable bonds is 3. The van der Waals surface area contributed by atoms with E-state index in [2.05, 4.69) is 6.92 Å². The van der Waals surface area contributed by atoms with Crippen molar-refractivity contribution in [3.05, 3.63) is 54.0 Å². The van der Waals surface area contributed by atoms with Gasteiger partial charge in [-0.1, -0.05) is 13.0 Å². The zero-order chi connectivity index (χ0) is 17.3. The van der Waals surface area contributed by atoms with Crippen molar-refractivity contribution in [1.82, 2.24) is 4.90 Å². The number of nitrogens with zero attached hydrogens (tertiary/aromatic N) is 1. The molecule has 1 aliphatic heterocycles. The fourth-order valence-corrected chi connectivity index (χ4v) is 3.83. The van der Waals surface area contributed by atoms with E-state index >= 15 is 0 Å². The number of carbonyl (C=O) groups is 1. The average molecular weight is 347 g/mol. The van der Waals surface area contributed by atoms with Crippen molar-refractivity contribution in [3.63, 3.8) is 0 Å². The summed E-state index contributed by atoms with van der Waals surface area (Å²) in [7, 11) is -3.34. The molecule has 5 nitrogen and oxygen atoms in total. The van der Waals surface area contributed by atoms with Gasteiger partial charge in [0.05, 0.1) is 17.2 Å². The molecule has 1 fully saturated rings. The molecule has 0 unspecified atom stereocenters. The van der Waals surface area contributed by atoms with Gasteiger partial charge in [0.2, 0.25) is 0 Å². The second-order valence-electron chi connectivity index (χ2n) is 6.46. The topological polar surface area (TPSA) is 67.6 Å². The predicted octanol–water partition coefficient (Wildman–Crippen LogP) is 3.30. The molecule has 2 aromatic rings. The van der Waals surface area contributed by atoms with Crippen molar-refractivity contribution in [1.29, 1.82) is 0 Å². The van der Waals surface area contributed by atoms with E-state index < -0.39 is 9.84 Å². The van der Waals surface area contributed by atoms with Gasteiger partial charge in [-0.05, 0) is 49.1 Å². The number of amides is 1. The first kappa shape index (κ1) is 16.8. The van der Waals surface area contributed by atoms with Gasteiger partial charge in [-0.3, -0.25) is 4.79 Å². The zero-order valence-corrected chi connectivity index (χ0v) is 14.6. The molecule has 1 aromatic heterocycles. The van der Waals surface area contributed by atoms with Gasteiger partial charge in [0.15, 0.2) is 9.84 Å². The normalized spacial score (nSPS) is 21.7. The highest BCUT2D eigenvalue weighted by Gasteiger charge is 2.33. The summed E-state index contributed by atoms with van der Waals surface area (Å²) in [6.45, 7) is 2.80. The molecule has 3 rings (SSSR count). The van der Waals surface area contributed by atoms with E-state index in [4.69, 9.17) is 4.42 Å². The van der Waals surface area contributed by atoms with Crippen LogP contribution >= 0.6 is 0 Å². The van der Waals surface area contributed by atoms with Gasteiger partial charge in [-0.25, -0.2) is 8.42 Å². The summed E-state index contributed by atoms with van der Waals surface area (Å²) in [6, 6.07) is 9.82. The van der Waals surface area contributed by atoms with Crippen LogP contribution in [0.3, 0.4) is 0 Å². The number of benzene rings is 1. The van der Waals surface area contributed by atoms with Gasteiger partial charge in [0, 0.05) is 18.4 Å². The van der Waals surface area contributed by atoms with Crippen LogP contribution in [0.4, 0.5) is 0 Å². The summed E-state index contributed by atoms with van der Waals surface area (Å²) >= 11 is 0. The maximum Gasteiger partial charge on any atom is 0.254 e. The van der Waals surface area contributed by atoms with Gasteiger partial charge in [-0.2, -0.15) is 0 Å². The standard InChI is InChI=1S/C18H21NO4S/c1-13-8-9-19(16(11-13)17-7-4-10-23-17)18(20)14-5-3-6-15(12-14)24(2,21)22/h3-7,10,12-13,16H,8-9,11H2,1-2H3/t13-,16-/m1/s1. The third-order valence-electron chi connectivity index (χ3n) is 4.51. The van der Waals surface area contributed by atoms with Crippen molar-refractivity contribution < 1.29 is 17.6 Å². The Morgan fingerprint density at radius 1 is 1.25 bits per heavy atom. The Hall–Kier alpha value is -2.08. The van der Waals surface area contributed by atoms with Crippen LogP contribution in [-0.4, -0.2) is 32.0 Å². The Labute approximate surface area is 142 Å². The van der Waals surface area contributed by atoms with Crippen molar-refractivity contribution in [2.45, 2.75) is 30.7 Å². The van der Waals surface area contributed by atoms with E-state index in [0.29, 0.717) is 18.0 Å². The first-order chi connectivity index (χ1) is 11.4. The summed E-state index contributed by atoms with van der Waals surface area (Å²) in [5.74, 6) is 1.12. The molecule has 1 aromatic carbocycles. The number of likely N-dealkylation sites (tertiary alicyclic amines) is 1. The minimum atomic E-state index is -3.34. The van der Waals surface area contributed by atoms with E-state index in [1.165, 1.54) is 12.1 Å². The quantitative estimate of drug-likeness (QED) is 0.854. The molecule has 0 spiro atoms. The van der Waals surface area contributed by atoms with Gasteiger partial charge in [-0.15, -0.1) is 0 Å². The maximum atomic E-state index is 13.0. The van der Waals surface area contributed by atoms with Gasteiger partial charge in [0.25, 0.3) is 5.91 Å². The molecule has 1 saturated heterocycles.